The molecule has 0 aliphatic carbocycles. The Kier molecular flexibility index (Phi) is 5.28. The van der Waals surface area contributed by atoms with Gasteiger partial charge in [0.2, 0.25) is 0 Å². The van der Waals surface area contributed by atoms with E-state index in [4.69, 9.17) is 0 Å². The maximum absolute atomic E-state index is 12.6. The Labute approximate surface area is 148 Å². The first-order valence-electron chi connectivity index (χ1n) is 8.74. The molecule has 0 bridgehead atoms. The summed E-state index contributed by atoms with van der Waals surface area (Å²) in [5, 5.41) is 2.92. The molecule has 0 saturated carbocycles. The number of likely N-dealkylation sites (N-methyl/N-ethyl adjacent to an activating group) is 1. The highest BCUT2D eigenvalue weighted by molar-refractivity contribution is 6.03. The van der Waals surface area contributed by atoms with Crippen LogP contribution in [-0.2, 0) is 6.42 Å². The molecule has 6 nitrogen and oxygen atoms in total. The quantitative estimate of drug-likeness (QED) is 0.926. The van der Waals surface area contributed by atoms with Crippen LogP contribution in [0.3, 0.4) is 0 Å². The fourth-order valence-corrected chi connectivity index (χ4v) is 2.88. The summed E-state index contributed by atoms with van der Waals surface area (Å²) < 4.78 is 0. The van der Waals surface area contributed by atoms with Crippen molar-refractivity contribution in [2.75, 3.05) is 43.4 Å². The van der Waals surface area contributed by atoms with Crippen LogP contribution >= 0.6 is 0 Å². The lowest BCUT2D eigenvalue weighted by Gasteiger charge is -2.33. The lowest BCUT2D eigenvalue weighted by molar-refractivity contribution is 0.102. The fraction of sp³-hybridized carbons (Fsp3) is 0.421. The van der Waals surface area contributed by atoms with Gasteiger partial charge >= 0.3 is 0 Å². The molecule has 1 N–H and O–H groups in total. The second-order valence-corrected chi connectivity index (χ2v) is 6.45. The second-order valence-electron chi connectivity index (χ2n) is 6.45. The minimum atomic E-state index is -0.204. The molecule has 0 radical (unpaired) electrons. The predicted molar refractivity (Wildman–Crippen MR) is 100 cm³/mol. The summed E-state index contributed by atoms with van der Waals surface area (Å²) in [6.07, 6.45) is 0.980. The van der Waals surface area contributed by atoms with Crippen LogP contribution in [-0.4, -0.2) is 54.0 Å². The third kappa shape index (κ3) is 4.33. The van der Waals surface area contributed by atoms with Crippen molar-refractivity contribution < 1.29 is 4.79 Å². The number of aryl methyl sites for hydroxylation is 2. The van der Waals surface area contributed by atoms with E-state index in [-0.39, 0.29) is 5.91 Å². The van der Waals surface area contributed by atoms with E-state index in [1.165, 1.54) is 5.56 Å². The van der Waals surface area contributed by atoms with Gasteiger partial charge < -0.3 is 15.1 Å². The van der Waals surface area contributed by atoms with Crippen LogP contribution in [0.5, 0.6) is 0 Å². The van der Waals surface area contributed by atoms with Gasteiger partial charge in [-0.1, -0.05) is 19.1 Å². The van der Waals surface area contributed by atoms with Gasteiger partial charge in [0.1, 0.15) is 17.3 Å². The summed E-state index contributed by atoms with van der Waals surface area (Å²) in [4.78, 5) is 25.9. The predicted octanol–water partition coefficient (Wildman–Crippen LogP) is 2.35. The van der Waals surface area contributed by atoms with Crippen molar-refractivity contribution in [1.29, 1.82) is 0 Å². The Bertz CT molecular complexity index is 736. The van der Waals surface area contributed by atoms with E-state index in [1.54, 1.807) is 6.07 Å². The minimum Gasteiger partial charge on any atom is -0.354 e. The number of aromatic nitrogens is 2. The molecule has 1 fully saturated rings. The molecule has 3 rings (SSSR count). The van der Waals surface area contributed by atoms with Crippen LogP contribution in [0.1, 0.15) is 28.8 Å². The Morgan fingerprint density at radius 2 is 1.80 bits per heavy atom. The topological polar surface area (TPSA) is 61.4 Å². The normalized spacial score (nSPS) is 15.2. The molecular weight excluding hydrogens is 314 g/mol. The van der Waals surface area contributed by atoms with Crippen LogP contribution < -0.4 is 10.2 Å². The molecule has 132 valence electrons. The molecule has 1 aliphatic heterocycles. The highest BCUT2D eigenvalue weighted by Gasteiger charge is 2.18. The average Bonchev–Trinajstić information content (AvgIpc) is 2.62. The molecule has 1 aromatic carbocycles. The third-order valence-electron chi connectivity index (χ3n) is 4.50. The van der Waals surface area contributed by atoms with E-state index in [9.17, 15) is 4.79 Å². The van der Waals surface area contributed by atoms with Crippen LogP contribution in [0.15, 0.2) is 30.3 Å². The summed E-state index contributed by atoms with van der Waals surface area (Å²) in [7, 11) is 2.12. The van der Waals surface area contributed by atoms with E-state index in [2.05, 4.69) is 39.1 Å². The second kappa shape index (κ2) is 7.61. The van der Waals surface area contributed by atoms with E-state index in [1.807, 2.05) is 31.2 Å². The largest absolute Gasteiger partial charge is 0.354 e. The van der Waals surface area contributed by atoms with E-state index < -0.39 is 0 Å². The van der Waals surface area contributed by atoms with Crippen molar-refractivity contribution in [3.63, 3.8) is 0 Å². The van der Waals surface area contributed by atoms with Crippen LogP contribution in [0.2, 0.25) is 0 Å². The molecule has 2 heterocycles. The van der Waals surface area contributed by atoms with Crippen LogP contribution in [0, 0.1) is 6.92 Å². The van der Waals surface area contributed by atoms with E-state index >= 15 is 0 Å². The molecule has 25 heavy (non-hydrogen) atoms. The van der Waals surface area contributed by atoms with Gasteiger partial charge in [0.05, 0.1) is 0 Å². The van der Waals surface area contributed by atoms with Crippen molar-refractivity contribution >= 4 is 17.4 Å². The van der Waals surface area contributed by atoms with Crippen molar-refractivity contribution in [1.82, 2.24) is 14.9 Å². The van der Waals surface area contributed by atoms with Crippen LogP contribution in [0.25, 0.3) is 0 Å². The van der Waals surface area contributed by atoms with Crippen molar-refractivity contribution in [3.8, 4) is 0 Å². The molecule has 1 aliphatic rings. The fourth-order valence-electron chi connectivity index (χ4n) is 2.88. The molecular formula is C19H25N5O. The van der Waals surface area contributed by atoms with E-state index in [0.717, 1.165) is 44.1 Å². The summed E-state index contributed by atoms with van der Waals surface area (Å²) in [6, 6.07) is 9.68. The summed E-state index contributed by atoms with van der Waals surface area (Å²) in [5.74, 6) is 1.24. The van der Waals surface area contributed by atoms with Gasteiger partial charge in [-0.3, -0.25) is 4.79 Å². The first-order valence-corrected chi connectivity index (χ1v) is 8.74. The number of anilines is 2. The zero-order valence-electron chi connectivity index (χ0n) is 15.1. The maximum atomic E-state index is 12.6. The zero-order chi connectivity index (χ0) is 17.8. The molecule has 1 aromatic heterocycles. The smallest absolute Gasteiger partial charge is 0.274 e. The number of hydrogen-bond donors (Lipinski definition) is 1. The Morgan fingerprint density at radius 1 is 1.12 bits per heavy atom. The maximum Gasteiger partial charge on any atom is 0.274 e. The number of piperazine rings is 1. The summed E-state index contributed by atoms with van der Waals surface area (Å²) in [5.41, 5.74) is 2.42. The molecule has 1 amide bonds. The monoisotopic (exact) mass is 339 g/mol. The summed E-state index contributed by atoms with van der Waals surface area (Å²) >= 11 is 0. The summed E-state index contributed by atoms with van der Waals surface area (Å²) in [6.45, 7) is 7.74. The van der Waals surface area contributed by atoms with Crippen molar-refractivity contribution in [2.45, 2.75) is 20.3 Å². The van der Waals surface area contributed by atoms with Gasteiger partial charge in [-0.15, -0.1) is 0 Å². The third-order valence-corrected chi connectivity index (χ3v) is 4.50. The van der Waals surface area contributed by atoms with E-state index in [0.29, 0.717) is 11.5 Å². The van der Waals surface area contributed by atoms with Gasteiger partial charge in [0, 0.05) is 37.9 Å². The number of nitrogens with zero attached hydrogens (tertiary/aromatic N) is 4. The molecule has 2 aromatic rings. The number of amides is 1. The number of benzene rings is 1. The van der Waals surface area contributed by atoms with Crippen molar-refractivity contribution in [3.05, 3.63) is 47.4 Å². The number of carbonyl (C=O) groups is 1. The lowest BCUT2D eigenvalue weighted by atomic mass is 10.1. The Morgan fingerprint density at radius 3 is 2.44 bits per heavy atom. The zero-order valence-corrected chi connectivity index (χ0v) is 15.1. The standard InChI is InChI=1S/C19H25N5O/c1-4-15-5-7-16(8-6-15)22-19(25)17-13-18(21-14(2)20-17)24-11-9-23(3)10-12-24/h5-8,13H,4,9-12H2,1-3H3,(H,22,25). The SMILES string of the molecule is CCc1ccc(NC(=O)c2cc(N3CCN(C)CC3)nc(C)n2)cc1. The Balaban J connectivity index is 1.75. The first-order chi connectivity index (χ1) is 12.0. The van der Waals surface area contributed by atoms with Crippen LogP contribution in [0.4, 0.5) is 11.5 Å². The molecule has 0 unspecified atom stereocenters. The number of hydrogen-bond acceptors (Lipinski definition) is 5. The molecule has 0 atom stereocenters. The minimum absolute atomic E-state index is 0.204. The number of rotatable bonds is 4. The van der Waals surface area contributed by atoms with Gasteiger partial charge in [-0.2, -0.15) is 0 Å². The highest BCUT2D eigenvalue weighted by Crippen LogP contribution is 2.17. The van der Waals surface area contributed by atoms with Crippen molar-refractivity contribution in [2.24, 2.45) is 0 Å². The number of nitrogens with one attached hydrogen (secondary N) is 1. The lowest BCUT2D eigenvalue weighted by Crippen LogP contribution is -2.45. The van der Waals surface area contributed by atoms with Gasteiger partial charge in [-0.05, 0) is 38.1 Å². The number of carbonyl (C=O) groups excluding carboxylic acids is 1. The molecule has 6 heteroatoms. The van der Waals surface area contributed by atoms with Gasteiger partial charge in [0.15, 0.2) is 0 Å². The molecule has 0 spiro atoms. The Hall–Kier alpha value is -2.47. The van der Waals surface area contributed by atoms with Gasteiger partial charge in [0.25, 0.3) is 5.91 Å². The average molecular weight is 339 g/mol. The van der Waals surface area contributed by atoms with Gasteiger partial charge in [-0.25, -0.2) is 9.97 Å². The highest BCUT2D eigenvalue weighted by atomic mass is 16.1. The molecule has 1 saturated heterocycles. The first kappa shape index (κ1) is 17.4.